The van der Waals surface area contributed by atoms with Crippen LogP contribution in [0.3, 0.4) is 0 Å². The van der Waals surface area contributed by atoms with E-state index in [0.717, 1.165) is 0 Å². The Morgan fingerprint density at radius 1 is 1.08 bits per heavy atom. The molecule has 128 valence electrons. The number of methoxy groups -OCH3 is 1. The summed E-state index contributed by atoms with van der Waals surface area (Å²) in [5.41, 5.74) is 1.54. The average Bonchev–Trinajstić information content (AvgIpc) is 2.87. The first-order chi connectivity index (χ1) is 11.4. The fourth-order valence-corrected chi connectivity index (χ4v) is 2.26. The van der Waals surface area contributed by atoms with Crippen LogP contribution in [0.15, 0.2) is 24.3 Å². The number of hydrogen-bond acceptors (Lipinski definition) is 5. The lowest BCUT2D eigenvalue weighted by Crippen LogP contribution is -2.13. The van der Waals surface area contributed by atoms with Gasteiger partial charge in [0.15, 0.2) is 0 Å². The van der Waals surface area contributed by atoms with Crippen molar-refractivity contribution in [1.82, 2.24) is 4.98 Å². The first kappa shape index (κ1) is 17.5. The molecule has 1 aromatic carbocycles. The van der Waals surface area contributed by atoms with E-state index in [4.69, 9.17) is 9.47 Å². The van der Waals surface area contributed by atoms with Crippen LogP contribution in [0.25, 0.3) is 0 Å². The topological polar surface area (TPSA) is 77.6 Å². The van der Waals surface area contributed by atoms with Crippen LogP contribution >= 0.6 is 0 Å². The fourth-order valence-electron chi connectivity index (χ4n) is 2.26. The van der Waals surface area contributed by atoms with Crippen LogP contribution in [0.1, 0.15) is 32.1 Å². The van der Waals surface area contributed by atoms with Gasteiger partial charge in [0, 0.05) is 5.69 Å². The van der Waals surface area contributed by atoms with E-state index in [-0.39, 0.29) is 24.7 Å². The molecule has 1 N–H and O–H groups in total. The molecule has 7 heteroatoms. The highest BCUT2D eigenvalue weighted by molar-refractivity contribution is 5.98. The Bertz CT molecular complexity index is 736. The molecular formula is C17H18FNO5. The lowest BCUT2D eigenvalue weighted by Gasteiger charge is -2.07. The Labute approximate surface area is 138 Å². The SMILES string of the molecule is COC(=O)c1c(C)[nH]c(C(=O)OCCOc2ccc(F)cc2)c1C. The summed E-state index contributed by atoms with van der Waals surface area (Å²) in [7, 11) is 1.28. The van der Waals surface area contributed by atoms with E-state index >= 15 is 0 Å². The van der Waals surface area contributed by atoms with Crippen molar-refractivity contribution >= 4 is 11.9 Å². The summed E-state index contributed by atoms with van der Waals surface area (Å²) in [6.45, 7) is 3.45. The number of benzene rings is 1. The monoisotopic (exact) mass is 335 g/mol. The molecule has 0 saturated carbocycles. The van der Waals surface area contributed by atoms with Gasteiger partial charge in [0.2, 0.25) is 0 Å². The normalized spacial score (nSPS) is 10.3. The van der Waals surface area contributed by atoms with Gasteiger partial charge in [-0.25, -0.2) is 14.0 Å². The van der Waals surface area contributed by atoms with Crippen molar-refractivity contribution in [3.05, 3.63) is 52.6 Å². The zero-order chi connectivity index (χ0) is 17.7. The van der Waals surface area contributed by atoms with Crippen molar-refractivity contribution in [2.75, 3.05) is 20.3 Å². The average molecular weight is 335 g/mol. The van der Waals surface area contributed by atoms with Gasteiger partial charge < -0.3 is 19.2 Å². The Hall–Kier alpha value is -2.83. The van der Waals surface area contributed by atoms with Gasteiger partial charge in [0.25, 0.3) is 0 Å². The lowest BCUT2D eigenvalue weighted by atomic mass is 10.1. The molecule has 1 heterocycles. The molecule has 0 aliphatic rings. The van der Waals surface area contributed by atoms with Gasteiger partial charge in [0.05, 0.1) is 12.7 Å². The number of aromatic amines is 1. The third-order valence-electron chi connectivity index (χ3n) is 3.43. The Balaban J connectivity index is 1.91. The zero-order valence-corrected chi connectivity index (χ0v) is 13.6. The van der Waals surface area contributed by atoms with Crippen molar-refractivity contribution in [1.29, 1.82) is 0 Å². The first-order valence-corrected chi connectivity index (χ1v) is 7.27. The van der Waals surface area contributed by atoms with E-state index in [1.807, 2.05) is 0 Å². The van der Waals surface area contributed by atoms with Crippen molar-refractivity contribution in [3.8, 4) is 5.75 Å². The maximum Gasteiger partial charge on any atom is 0.355 e. The Morgan fingerprint density at radius 2 is 1.75 bits per heavy atom. The molecule has 0 fully saturated rings. The zero-order valence-electron chi connectivity index (χ0n) is 13.6. The quantitative estimate of drug-likeness (QED) is 0.649. The van der Waals surface area contributed by atoms with Crippen LogP contribution in [0, 0.1) is 19.7 Å². The highest BCUT2D eigenvalue weighted by Crippen LogP contribution is 2.19. The molecule has 0 unspecified atom stereocenters. The summed E-state index contributed by atoms with van der Waals surface area (Å²) in [5.74, 6) is -0.978. The highest BCUT2D eigenvalue weighted by atomic mass is 19.1. The molecule has 0 radical (unpaired) electrons. The maximum atomic E-state index is 12.8. The number of aromatic nitrogens is 1. The number of halogens is 1. The number of esters is 2. The Morgan fingerprint density at radius 3 is 2.38 bits per heavy atom. The van der Waals surface area contributed by atoms with E-state index < -0.39 is 11.9 Å². The van der Waals surface area contributed by atoms with Gasteiger partial charge in [-0.1, -0.05) is 0 Å². The number of carbonyl (C=O) groups excluding carboxylic acids is 2. The predicted molar refractivity (Wildman–Crippen MR) is 83.8 cm³/mol. The highest BCUT2D eigenvalue weighted by Gasteiger charge is 2.23. The molecule has 0 spiro atoms. The lowest BCUT2D eigenvalue weighted by molar-refractivity contribution is 0.0443. The van der Waals surface area contributed by atoms with Crippen LogP contribution in [-0.2, 0) is 9.47 Å². The number of hydrogen-bond donors (Lipinski definition) is 1. The Kier molecular flexibility index (Phi) is 5.57. The van der Waals surface area contributed by atoms with E-state index in [1.165, 1.54) is 31.4 Å². The third kappa shape index (κ3) is 3.92. The van der Waals surface area contributed by atoms with Crippen molar-refractivity contribution in [3.63, 3.8) is 0 Å². The maximum absolute atomic E-state index is 12.8. The second kappa shape index (κ2) is 7.63. The smallest absolute Gasteiger partial charge is 0.355 e. The number of rotatable bonds is 6. The van der Waals surface area contributed by atoms with E-state index in [2.05, 4.69) is 9.72 Å². The summed E-state index contributed by atoms with van der Waals surface area (Å²) in [6, 6.07) is 5.53. The second-order valence-corrected chi connectivity index (χ2v) is 5.05. The van der Waals surface area contributed by atoms with Crippen LogP contribution in [-0.4, -0.2) is 37.2 Å². The molecule has 0 amide bonds. The summed E-state index contributed by atoms with van der Waals surface area (Å²) in [4.78, 5) is 26.6. The molecule has 0 bridgehead atoms. The van der Waals surface area contributed by atoms with Gasteiger partial charge in [-0.15, -0.1) is 0 Å². The molecule has 6 nitrogen and oxygen atoms in total. The number of carbonyl (C=O) groups is 2. The number of nitrogens with one attached hydrogen (secondary N) is 1. The molecule has 0 aliphatic heterocycles. The largest absolute Gasteiger partial charge is 0.490 e. The minimum absolute atomic E-state index is 0.0152. The van der Waals surface area contributed by atoms with Crippen LogP contribution in [0.4, 0.5) is 4.39 Å². The van der Waals surface area contributed by atoms with Crippen molar-refractivity contribution < 1.29 is 28.2 Å². The summed E-state index contributed by atoms with van der Waals surface area (Å²) in [6.07, 6.45) is 0. The fraction of sp³-hybridized carbons (Fsp3) is 0.294. The number of aryl methyl sites for hydroxylation is 1. The summed E-state index contributed by atoms with van der Waals surface area (Å²) >= 11 is 0. The van der Waals surface area contributed by atoms with Crippen LogP contribution < -0.4 is 4.74 Å². The summed E-state index contributed by atoms with van der Waals surface area (Å²) < 4.78 is 27.9. The van der Waals surface area contributed by atoms with E-state index in [0.29, 0.717) is 22.6 Å². The van der Waals surface area contributed by atoms with Gasteiger partial charge >= 0.3 is 11.9 Å². The molecule has 0 atom stereocenters. The molecule has 2 aromatic rings. The number of H-pyrrole nitrogens is 1. The van der Waals surface area contributed by atoms with Crippen LogP contribution in [0.5, 0.6) is 5.75 Å². The second-order valence-electron chi connectivity index (χ2n) is 5.05. The van der Waals surface area contributed by atoms with Gasteiger partial charge in [-0.2, -0.15) is 0 Å². The van der Waals surface area contributed by atoms with Gasteiger partial charge in [0.1, 0.15) is 30.5 Å². The minimum Gasteiger partial charge on any atom is -0.490 e. The predicted octanol–water partition coefficient (Wildman–Crippen LogP) is 2.79. The summed E-state index contributed by atoms with van der Waals surface area (Å²) in [5, 5.41) is 0. The van der Waals surface area contributed by atoms with Gasteiger partial charge in [-0.3, -0.25) is 0 Å². The molecular weight excluding hydrogens is 317 g/mol. The van der Waals surface area contributed by atoms with Crippen molar-refractivity contribution in [2.24, 2.45) is 0 Å². The molecule has 0 saturated heterocycles. The van der Waals surface area contributed by atoms with Crippen LogP contribution in [0.2, 0.25) is 0 Å². The minimum atomic E-state index is -0.589. The third-order valence-corrected chi connectivity index (χ3v) is 3.43. The molecule has 24 heavy (non-hydrogen) atoms. The number of ether oxygens (including phenoxy) is 3. The standard InChI is InChI=1S/C17H18FNO5/c1-10-14(16(20)22-3)11(2)19-15(10)17(21)24-9-8-23-13-6-4-12(18)5-7-13/h4-7,19H,8-9H2,1-3H3. The first-order valence-electron chi connectivity index (χ1n) is 7.27. The van der Waals surface area contributed by atoms with E-state index in [1.54, 1.807) is 13.8 Å². The van der Waals surface area contributed by atoms with Gasteiger partial charge in [-0.05, 0) is 43.7 Å². The van der Waals surface area contributed by atoms with E-state index in [9.17, 15) is 14.0 Å². The van der Waals surface area contributed by atoms with Crippen molar-refractivity contribution in [2.45, 2.75) is 13.8 Å². The molecule has 0 aliphatic carbocycles. The molecule has 1 aromatic heterocycles. The molecule has 2 rings (SSSR count).